The molecule has 13 aromatic rings. The fraction of sp³-hybridized carbons (Fsp3) is 0.147. The Balaban J connectivity index is 1.20. The molecular formula is C68H54. The largest absolute Gasteiger partial charge is 0.0617 e. The van der Waals surface area contributed by atoms with Gasteiger partial charge in [0.15, 0.2) is 0 Å². The molecule has 0 atom stereocenters. The molecular weight excluding hydrogens is 817 g/mol. The van der Waals surface area contributed by atoms with Gasteiger partial charge in [-0.3, -0.25) is 0 Å². The van der Waals surface area contributed by atoms with E-state index >= 15 is 0 Å². The van der Waals surface area contributed by atoms with Crippen LogP contribution in [0.15, 0.2) is 146 Å². The van der Waals surface area contributed by atoms with Crippen molar-refractivity contribution in [3.63, 3.8) is 0 Å². The van der Waals surface area contributed by atoms with Crippen molar-refractivity contribution in [1.82, 2.24) is 0 Å². The summed E-state index contributed by atoms with van der Waals surface area (Å²) in [4.78, 5) is 0. The van der Waals surface area contributed by atoms with Crippen LogP contribution < -0.4 is 0 Å². The van der Waals surface area contributed by atoms with Gasteiger partial charge >= 0.3 is 0 Å². The van der Waals surface area contributed by atoms with E-state index in [4.69, 9.17) is 0 Å². The minimum Gasteiger partial charge on any atom is -0.0617 e. The van der Waals surface area contributed by atoms with Crippen LogP contribution in [0.4, 0.5) is 0 Å². The standard InChI is InChI=1S/C68H54/c1-35-23-41(7)65(42(8)24-35)45-17-19-49-53(27-45)61-33-55-51(59-31-47(29-57(49)67(59)61)63-37(3)13-11-14-38(63)4)21-22-52-56(55)34-62-54-28-46(66-43(9)25-36(2)26-44(66)10)18-20-50(54)58-30-48(32-60(52)68(58)62)64-39(5)15-12-16-40(64)6/h11-34H,1-10H3. The Bertz CT molecular complexity index is 3980. The summed E-state index contributed by atoms with van der Waals surface area (Å²) in [7, 11) is 0. The summed E-state index contributed by atoms with van der Waals surface area (Å²) in [5.74, 6) is 0. The number of hydrogen-bond acceptors (Lipinski definition) is 0. The zero-order valence-corrected chi connectivity index (χ0v) is 40.9. The van der Waals surface area contributed by atoms with Crippen molar-refractivity contribution >= 4 is 86.2 Å². The number of rotatable bonds is 4. The number of benzene rings is 11. The topological polar surface area (TPSA) is 0 Å². The first-order chi connectivity index (χ1) is 32.8. The second-order valence-corrected chi connectivity index (χ2v) is 20.6. The summed E-state index contributed by atoms with van der Waals surface area (Å²) in [6, 6.07) is 57.3. The van der Waals surface area contributed by atoms with Crippen LogP contribution in [0.25, 0.3) is 131 Å². The van der Waals surface area contributed by atoms with Crippen LogP contribution in [-0.2, 0) is 0 Å². The van der Waals surface area contributed by atoms with Gasteiger partial charge in [0.1, 0.15) is 0 Å². The van der Waals surface area contributed by atoms with E-state index in [1.54, 1.807) is 0 Å². The highest BCUT2D eigenvalue weighted by molar-refractivity contribution is 6.41. The maximum Gasteiger partial charge on any atom is -0.00195 e. The molecule has 0 heteroatoms. The number of aryl methyl sites for hydroxylation is 10. The van der Waals surface area contributed by atoms with Gasteiger partial charge in [-0.05, 0) is 293 Å². The third-order valence-electron chi connectivity index (χ3n) is 15.9. The molecule has 0 nitrogen and oxygen atoms in total. The second-order valence-electron chi connectivity index (χ2n) is 20.6. The summed E-state index contributed by atoms with van der Waals surface area (Å²) in [6.45, 7) is 22.5. The average Bonchev–Trinajstić information content (AvgIpc) is 3.77. The Morgan fingerprint density at radius 1 is 0.191 bits per heavy atom. The van der Waals surface area contributed by atoms with Gasteiger partial charge in [0.2, 0.25) is 0 Å². The van der Waals surface area contributed by atoms with Crippen molar-refractivity contribution in [1.29, 1.82) is 0 Å². The van der Waals surface area contributed by atoms with Crippen molar-refractivity contribution in [3.05, 3.63) is 201 Å². The number of fused-ring (bicyclic) bond motifs is 11. The molecule has 0 fully saturated rings. The van der Waals surface area contributed by atoms with Crippen LogP contribution >= 0.6 is 0 Å². The first-order valence-electron chi connectivity index (χ1n) is 24.4. The van der Waals surface area contributed by atoms with Crippen LogP contribution in [-0.4, -0.2) is 0 Å². The lowest BCUT2D eigenvalue weighted by Crippen LogP contribution is -1.90. The summed E-state index contributed by atoms with van der Waals surface area (Å²) >= 11 is 0. The van der Waals surface area contributed by atoms with Gasteiger partial charge < -0.3 is 0 Å². The maximum absolute atomic E-state index is 2.56. The Morgan fingerprint density at radius 2 is 0.441 bits per heavy atom. The van der Waals surface area contributed by atoms with E-state index in [0.29, 0.717) is 0 Å². The lowest BCUT2D eigenvalue weighted by atomic mass is 9.87. The van der Waals surface area contributed by atoms with Crippen molar-refractivity contribution in [2.45, 2.75) is 69.2 Å². The smallest absolute Gasteiger partial charge is 0.00195 e. The average molecular weight is 871 g/mol. The van der Waals surface area contributed by atoms with Gasteiger partial charge in [-0.1, -0.05) is 108 Å². The van der Waals surface area contributed by atoms with Crippen LogP contribution in [0.5, 0.6) is 0 Å². The van der Waals surface area contributed by atoms with Crippen LogP contribution in [0.2, 0.25) is 0 Å². The van der Waals surface area contributed by atoms with Gasteiger partial charge in [0, 0.05) is 0 Å². The van der Waals surface area contributed by atoms with Crippen molar-refractivity contribution in [3.8, 4) is 44.5 Å². The zero-order valence-electron chi connectivity index (χ0n) is 40.9. The molecule has 0 bridgehead atoms. The highest BCUT2D eigenvalue weighted by Crippen LogP contribution is 2.51. The third kappa shape index (κ3) is 5.73. The van der Waals surface area contributed by atoms with E-state index in [9.17, 15) is 0 Å². The minimum absolute atomic E-state index is 1.28. The summed E-state index contributed by atoms with van der Waals surface area (Å²) in [5, 5.41) is 21.2. The molecule has 326 valence electrons. The Morgan fingerprint density at radius 3 is 0.765 bits per heavy atom. The molecule has 13 rings (SSSR count). The monoisotopic (exact) mass is 870 g/mol. The molecule has 0 aliphatic carbocycles. The lowest BCUT2D eigenvalue weighted by Gasteiger charge is -2.16. The van der Waals surface area contributed by atoms with Gasteiger partial charge in [0.05, 0.1) is 0 Å². The van der Waals surface area contributed by atoms with Gasteiger partial charge in [-0.2, -0.15) is 0 Å². The van der Waals surface area contributed by atoms with E-state index in [-0.39, 0.29) is 0 Å². The van der Waals surface area contributed by atoms with Crippen LogP contribution in [0.3, 0.4) is 0 Å². The molecule has 68 heavy (non-hydrogen) atoms. The Hall–Kier alpha value is -7.54. The fourth-order valence-electron chi connectivity index (χ4n) is 13.4. The van der Waals surface area contributed by atoms with Crippen LogP contribution in [0.1, 0.15) is 55.6 Å². The lowest BCUT2D eigenvalue weighted by molar-refractivity contribution is 1.32. The van der Waals surface area contributed by atoms with E-state index < -0.39 is 0 Å². The van der Waals surface area contributed by atoms with Crippen molar-refractivity contribution in [2.75, 3.05) is 0 Å². The fourth-order valence-corrected chi connectivity index (χ4v) is 13.4. The Kier molecular flexibility index (Phi) is 8.67. The van der Waals surface area contributed by atoms with Crippen molar-refractivity contribution in [2.24, 2.45) is 0 Å². The van der Waals surface area contributed by atoms with Crippen LogP contribution in [0, 0.1) is 69.2 Å². The first-order valence-corrected chi connectivity index (χ1v) is 24.4. The molecule has 0 saturated carbocycles. The van der Waals surface area contributed by atoms with Crippen molar-refractivity contribution < 1.29 is 0 Å². The molecule has 0 amide bonds. The predicted octanol–water partition coefficient (Wildman–Crippen LogP) is 19.5. The zero-order chi connectivity index (χ0) is 46.6. The van der Waals surface area contributed by atoms with Gasteiger partial charge in [-0.15, -0.1) is 0 Å². The summed E-state index contributed by atoms with van der Waals surface area (Å²) < 4.78 is 0. The molecule has 0 radical (unpaired) electrons. The minimum atomic E-state index is 1.28. The third-order valence-corrected chi connectivity index (χ3v) is 15.9. The SMILES string of the molecule is Cc1cc(C)c(-c2ccc3c(c2)c2cc4c5cc6c7cc(-c8c(C)cc(C)cc8C)ccc7c7cc(-c8c(C)cccc8C)cc(c5ccc4c4cc(-c5c(C)cccc5C)cc3c42)c76)c(C)c1. The molecule has 0 aliphatic rings. The van der Waals surface area contributed by atoms with E-state index in [0.717, 1.165) is 0 Å². The maximum atomic E-state index is 2.56. The van der Waals surface area contributed by atoms with Gasteiger partial charge in [0.25, 0.3) is 0 Å². The molecule has 0 aromatic heterocycles. The summed E-state index contributed by atoms with van der Waals surface area (Å²) in [5.41, 5.74) is 23.6. The highest BCUT2D eigenvalue weighted by atomic mass is 14.3. The summed E-state index contributed by atoms with van der Waals surface area (Å²) in [6.07, 6.45) is 0. The van der Waals surface area contributed by atoms with Gasteiger partial charge in [-0.25, -0.2) is 0 Å². The quantitative estimate of drug-likeness (QED) is 0.155. The second kappa shape index (κ2) is 14.5. The number of hydrogen-bond donors (Lipinski definition) is 0. The Labute approximate surface area is 399 Å². The van der Waals surface area contributed by atoms with E-state index in [1.807, 2.05) is 0 Å². The molecule has 0 heterocycles. The molecule has 0 saturated heterocycles. The van der Waals surface area contributed by atoms with E-state index in [1.165, 1.54) is 186 Å². The molecule has 0 N–H and O–H groups in total. The first kappa shape index (κ1) is 40.7. The molecule has 13 aromatic carbocycles. The predicted molar refractivity (Wildman–Crippen MR) is 298 cm³/mol. The molecule has 0 unspecified atom stereocenters. The molecule has 0 aliphatic heterocycles. The molecule has 0 spiro atoms. The van der Waals surface area contributed by atoms with E-state index in [2.05, 4.69) is 215 Å². The highest BCUT2D eigenvalue weighted by Gasteiger charge is 2.23. The normalized spacial score (nSPS) is 12.3.